The Hall–Kier alpha value is -1.08. The fraction of sp³-hybridized carbons (Fsp3) is 0.818. The molecule has 4 nitrogen and oxygen atoms in total. The minimum absolute atomic E-state index is 0.146. The van der Waals surface area contributed by atoms with Crippen LogP contribution in [0.5, 0.6) is 0 Å². The predicted molar refractivity (Wildman–Crippen MR) is 57.1 cm³/mol. The largest absolute Gasteiger partial charge is 0.460 e. The molecule has 0 spiro atoms. The zero-order chi connectivity index (χ0) is 12.3. The molecule has 1 N–H and O–H groups in total. The van der Waals surface area contributed by atoms with Gasteiger partial charge in [0, 0.05) is 13.8 Å². The Labute approximate surface area is 91.1 Å². The average Bonchev–Trinajstić information content (AvgIpc) is 2.00. The van der Waals surface area contributed by atoms with E-state index < -0.39 is 23.2 Å². The summed E-state index contributed by atoms with van der Waals surface area (Å²) >= 11 is 0. The van der Waals surface area contributed by atoms with Crippen LogP contribution in [0.25, 0.3) is 4.85 Å². The third-order valence-electron chi connectivity index (χ3n) is 1.88. The monoisotopic (exact) mass is 213 g/mol. The van der Waals surface area contributed by atoms with E-state index in [-0.39, 0.29) is 6.42 Å². The van der Waals surface area contributed by atoms with E-state index in [1.807, 2.05) is 0 Å². The third-order valence-corrected chi connectivity index (χ3v) is 1.88. The molecule has 0 heterocycles. The van der Waals surface area contributed by atoms with E-state index >= 15 is 0 Å². The number of nitrogens with zero attached hydrogens (tertiary/aromatic N) is 1. The van der Waals surface area contributed by atoms with Crippen LogP contribution in [0.2, 0.25) is 0 Å². The first-order valence-corrected chi connectivity index (χ1v) is 4.87. The second-order valence-electron chi connectivity index (χ2n) is 5.07. The van der Waals surface area contributed by atoms with Gasteiger partial charge in [0.2, 0.25) is 0 Å². The van der Waals surface area contributed by atoms with Gasteiger partial charge in [0.25, 0.3) is 5.54 Å². The Kier molecular flexibility index (Phi) is 4.29. The van der Waals surface area contributed by atoms with Crippen LogP contribution in [0, 0.1) is 6.57 Å². The summed E-state index contributed by atoms with van der Waals surface area (Å²) in [5.41, 5.74) is -1.50. The van der Waals surface area contributed by atoms with E-state index in [1.54, 1.807) is 34.6 Å². The molecule has 0 aromatic heterocycles. The first-order chi connectivity index (χ1) is 6.58. The molecule has 0 aliphatic rings. The molecule has 0 bridgehead atoms. The van der Waals surface area contributed by atoms with Crippen molar-refractivity contribution >= 4 is 5.97 Å². The van der Waals surface area contributed by atoms with E-state index in [1.165, 1.54) is 0 Å². The van der Waals surface area contributed by atoms with Crippen LogP contribution in [0.1, 0.15) is 41.0 Å². The summed E-state index contributed by atoms with van der Waals surface area (Å²) in [7, 11) is 0. The summed E-state index contributed by atoms with van der Waals surface area (Å²) in [5, 5.41) is 9.63. The Bertz CT molecular complexity index is 271. The van der Waals surface area contributed by atoms with Crippen LogP contribution in [0.3, 0.4) is 0 Å². The molecule has 86 valence electrons. The lowest BCUT2D eigenvalue weighted by atomic mass is 9.96. The van der Waals surface area contributed by atoms with Gasteiger partial charge in [-0.05, 0) is 20.8 Å². The number of ether oxygens (including phenoxy) is 1. The molecule has 0 fully saturated rings. The van der Waals surface area contributed by atoms with Crippen molar-refractivity contribution in [1.29, 1.82) is 0 Å². The highest BCUT2D eigenvalue weighted by Gasteiger charge is 2.36. The quantitative estimate of drug-likeness (QED) is 0.574. The fourth-order valence-corrected chi connectivity index (χ4v) is 0.865. The molecule has 0 saturated carbocycles. The van der Waals surface area contributed by atoms with Crippen LogP contribution < -0.4 is 0 Å². The van der Waals surface area contributed by atoms with Crippen molar-refractivity contribution in [3.05, 3.63) is 11.4 Å². The van der Waals surface area contributed by atoms with E-state index in [4.69, 9.17) is 11.3 Å². The number of carbonyl (C=O) groups excluding carboxylic acids is 1. The van der Waals surface area contributed by atoms with Gasteiger partial charge in [-0.2, -0.15) is 0 Å². The molecule has 0 aliphatic carbocycles. The maximum absolute atomic E-state index is 11.3. The standard InChI is InChI=1S/C11H19NO3/c1-10(2,3)15-9(14)7-8(13)11(4,5)12-6/h8,13H,7H2,1-5H3. The average molecular weight is 213 g/mol. The molecule has 1 atom stereocenters. The lowest BCUT2D eigenvalue weighted by Crippen LogP contribution is -2.36. The molecule has 0 saturated heterocycles. The fourth-order valence-electron chi connectivity index (χ4n) is 0.865. The molecule has 0 amide bonds. The molecule has 0 aromatic rings. The molecular weight excluding hydrogens is 194 g/mol. The molecular formula is C11H19NO3. The Morgan fingerprint density at radius 3 is 2.20 bits per heavy atom. The van der Waals surface area contributed by atoms with E-state index in [2.05, 4.69) is 4.85 Å². The molecule has 4 heteroatoms. The van der Waals surface area contributed by atoms with E-state index in [0.717, 1.165) is 0 Å². The second kappa shape index (κ2) is 4.63. The van der Waals surface area contributed by atoms with Crippen LogP contribution in [0.4, 0.5) is 0 Å². The van der Waals surface area contributed by atoms with Crippen LogP contribution in [-0.2, 0) is 9.53 Å². The van der Waals surface area contributed by atoms with Crippen LogP contribution in [0.15, 0.2) is 0 Å². The maximum Gasteiger partial charge on any atom is 0.309 e. The SMILES string of the molecule is [C-]#[N+]C(C)(C)C(O)CC(=O)OC(C)(C)C. The summed E-state index contributed by atoms with van der Waals surface area (Å²) in [6.07, 6.45) is -1.14. The zero-order valence-corrected chi connectivity index (χ0v) is 10.00. The van der Waals surface area contributed by atoms with Crippen molar-refractivity contribution in [3.8, 4) is 0 Å². The first-order valence-electron chi connectivity index (χ1n) is 4.87. The smallest absolute Gasteiger partial charge is 0.309 e. The van der Waals surface area contributed by atoms with Gasteiger partial charge in [-0.1, -0.05) is 0 Å². The summed E-state index contributed by atoms with van der Waals surface area (Å²) in [4.78, 5) is 14.6. The van der Waals surface area contributed by atoms with Crippen molar-refractivity contribution in [1.82, 2.24) is 0 Å². The molecule has 0 radical (unpaired) electrons. The van der Waals surface area contributed by atoms with Crippen molar-refractivity contribution in [2.24, 2.45) is 0 Å². The highest BCUT2D eigenvalue weighted by atomic mass is 16.6. The molecule has 1 unspecified atom stereocenters. The molecule has 0 rings (SSSR count). The lowest BCUT2D eigenvalue weighted by Gasteiger charge is -2.22. The first kappa shape index (κ1) is 13.9. The van der Waals surface area contributed by atoms with Crippen molar-refractivity contribution in [2.75, 3.05) is 0 Å². The number of aliphatic hydroxyl groups is 1. The summed E-state index contributed by atoms with van der Waals surface area (Å²) in [6.45, 7) is 15.3. The lowest BCUT2D eigenvalue weighted by molar-refractivity contribution is -0.157. The highest BCUT2D eigenvalue weighted by molar-refractivity contribution is 5.70. The van der Waals surface area contributed by atoms with Crippen molar-refractivity contribution in [3.63, 3.8) is 0 Å². The topological polar surface area (TPSA) is 50.9 Å². The Balaban J connectivity index is 4.27. The van der Waals surface area contributed by atoms with Gasteiger partial charge in [0.05, 0.1) is 6.42 Å². The molecule has 15 heavy (non-hydrogen) atoms. The highest BCUT2D eigenvalue weighted by Crippen LogP contribution is 2.19. The van der Waals surface area contributed by atoms with Gasteiger partial charge < -0.3 is 14.7 Å². The number of esters is 1. The van der Waals surface area contributed by atoms with Crippen LogP contribution in [-0.4, -0.2) is 28.3 Å². The normalized spacial score (nSPS) is 14.2. The second-order valence-corrected chi connectivity index (χ2v) is 5.07. The van der Waals surface area contributed by atoms with Crippen LogP contribution >= 0.6 is 0 Å². The number of hydrogen-bond donors (Lipinski definition) is 1. The van der Waals surface area contributed by atoms with Gasteiger partial charge in [-0.3, -0.25) is 4.79 Å². The Morgan fingerprint density at radius 1 is 1.40 bits per heavy atom. The molecule has 0 aromatic carbocycles. The third kappa shape index (κ3) is 5.38. The zero-order valence-electron chi connectivity index (χ0n) is 10.00. The van der Waals surface area contributed by atoms with E-state index in [9.17, 15) is 9.90 Å². The Morgan fingerprint density at radius 2 is 1.87 bits per heavy atom. The van der Waals surface area contributed by atoms with Gasteiger partial charge >= 0.3 is 5.97 Å². The number of hydrogen-bond acceptors (Lipinski definition) is 3. The van der Waals surface area contributed by atoms with Crippen molar-refractivity contribution in [2.45, 2.75) is 58.3 Å². The minimum Gasteiger partial charge on any atom is -0.460 e. The number of aliphatic hydroxyl groups excluding tert-OH is 1. The molecule has 0 aliphatic heterocycles. The maximum atomic E-state index is 11.3. The van der Waals surface area contributed by atoms with Gasteiger partial charge in [0.1, 0.15) is 11.7 Å². The van der Waals surface area contributed by atoms with Gasteiger partial charge in [-0.25, -0.2) is 6.57 Å². The summed E-state index contributed by atoms with van der Waals surface area (Å²) in [6, 6.07) is 0. The minimum atomic E-state index is -0.996. The van der Waals surface area contributed by atoms with Gasteiger partial charge in [0.15, 0.2) is 0 Å². The summed E-state index contributed by atoms with van der Waals surface area (Å²) in [5.74, 6) is -0.480. The summed E-state index contributed by atoms with van der Waals surface area (Å²) < 4.78 is 5.05. The number of rotatable bonds is 3. The predicted octanol–water partition coefficient (Wildman–Crippen LogP) is 1.78. The number of carbonyl (C=O) groups is 1. The van der Waals surface area contributed by atoms with Crippen molar-refractivity contribution < 1.29 is 14.6 Å². The van der Waals surface area contributed by atoms with E-state index in [0.29, 0.717) is 0 Å². The van der Waals surface area contributed by atoms with Gasteiger partial charge in [-0.15, -0.1) is 0 Å².